The van der Waals surface area contributed by atoms with Gasteiger partial charge in [-0.1, -0.05) is 43.7 Å². The molecule has 1 aromatic carbocycles. The van der Waals surface area contributed by atoms with Crippen molar-refractivity contribution in [1.82, 2.24) is 25.4 Å². The zero-order valence-corrected chi connectivity index (χ0v) is 19.9. The summed E-state index contributed by atoms with van der Waals surface area (Å²) >= 11 is 4.76. The predicted molar refractivity (Wildman–Crippen MR) is 121 cm³/mol. The van der Waals surface area contributed by atoms with Gasteiger partial charge in [-0.05, 0) is 53.7 Å². The molecular formula is C21H28BrN5O2S. The number of hydrogen-bond acceptors (Lipinski definition) is 5. The molecule has 1 aliphatic rings. The number of carbonyl (C=O) groups is 2. The van der Waals surface area contributed by atoms with E-state index in [4.69, 9.17) is 0 Å². The third-order valence-corrected chi connectivity index (χ3v) is 7.22. The van der Waals surface area contributed by atoms with Crippen LogP contribution in [0.15, 0.2) is 33.9 Å². The first-order valence-corrected chi connectivity index (χ1v) is 12.0. The van der Waals surface area contributed by atoms with Crippen LogP contribution in [0.4, 0.5) is 0 Å². The summed E-state index contributed by atoms with van der Waals surface area (Å²) < 4.78 is 2.56. The molecular weight excluding hydrogens is 466 g/mol. The van der Waals surface area contributed by atoms with E-state index in [9.17, 15) is 9.59 Å². The van der Waals surface area contributed by atoms with Crippen molar-refractivity contribution in [3.05, 3.63) is 40.1 Å². The zero-order chi connectivity index (χ0) is 21.7. The van der Waals surface area contributed by atoms with Crippen molar-refractivity contribution in [3.63, 3.8) is 0 Å². The van der Waals surface area contributed by atoms with Gasteiger partial charge in [0.15, 0.2) is 11.0 Å². The Labute approximate surface area is 189 Å². The summed E-state index contributed by atoms with van der Waals surface area (Å²) in [6.07, 6.45) is 4.66. The van der Waals surface area contributed by atoms with E-state index in [1.165, 1.54) is 31.0 Å². The Bertz CT molecular complexity index is 903. The van der Waals surface area contributed by atoms with E-state index in [-0.39, 0.29) is 23.9 Å². The summed E-state index contributed by atoms with van der Waals surface area (Å²) in [6, 6.07) is 7.22. The maximum Gasteiger partial charge on any atom is 0.253 e. The molecule has 3 atom stereocenters. The number of nitrogens with zero attached hydrogens (tertiary/aromatic N) is 3. The maximum absolute atomic E-state index is 12.5. The number of nitrogens with one attached hydrogen (secondary N) is 2. The van der Waals surface area contributed by atoms with Gasteiger partial charge in [-0.25, -0.2) is 0 Å². The van der Waals surface area contributed by atoms with Crippen LogP contribution in [-0.2, 0) is 11.8 Å². The quantitative estimate of drug-likeness (QED) is 0.571. The van der Waals surface area contributed by atoms with Crippen LogP contribution in [0, 0.1) is 5.92 Å². The minimum atomic E-state index is -0.326. The summed E-state index contributed by atoms with van der Waals surface area (Å²) in [5.74, 6) is 1.31. The lowest BCUT2D eigenvalue weighted by atomic mass is 9.86. The molecule has 2 amide bonds. The van der Waals surface area contributed by atoms with Gasteiger partial charge in [0.25, 0.3) is 5.91 Å². The summed E-state index contributed by atoms with van der Waals surface area (Å²) in [4.78, 5) is 24.9. The molecule has 3 rings (SSSR count). The second-order valence-electron chi connectivity index (χ2n) is 7.80. The van der Waals surface area contributed by atoms with Gasteiger partial charge < -0.3 is 15.2 Å². The molecule has 30 heavy (non-hydrogen) atoms. The van der Waals surface area contributed by atoms with Crippen LogP contribution in [0.3, 0.4) is 0 Å². The van der Waals surface area contributed by atoms with Crippen molar-refractivity contribution in [1.29, 1.82) is 0 Å². The molecule has 0 unspecified atom stereocenters. The summed E-state index contributed by atoms with van der Waals surface area (Å²) in [7, 11) is 1.85. The highest BCUT2D eigenvalue weighted by molar-refractivity contribution is 9.10. The molecule has 2 aromatic rings. The molecule has 1 aromatic heterocycles. The minimum Gasteiger partial charge on any atom is -0.352 e. The molecule has 0 saturated heterocycles. The van der Waals surface area contributed by atoms with Crippen LogP contribution >= 0.6 is 27.7 Å². The Morgan fingerprint density at radius 2 is 2.00 bits per heavy atom. The van der Waals surface area contributed by atoms with E-state index in [0.717, 1.165) is 10.9 Å². The number of carbonyl (C=O) groups excluding carboxylic acids is 2. The van der Waals surface area contributed by atoms with E-state index in [2.05, 4.69) is 43.7 Å². The zero-order valence-electron chi connectivity index (χ0n) is 17.5. The normalized spacial score (nSPS) is 19.9. The number of hydrogen-bond donors (Lipinski definition) is 2. The van der Waals surface area contributed by atoms with Crippen molar-refractivity contribution < 1.29 is 9.59 Å². The molecule has 0 bridgehead atoms. The van der Waals surface area contributed by atoms with Gasteiger partial charge in [0.2, 0.25) is 5.91 Å². The third kappa shape index (κ3) is 5.63. The monoisotopic (exact) mass is 493 g/mol. The number of benzene rings is 1. The van der Waals surface area contributed by atoms with Gasteiger partial charge in [0.05, 0.1) is 17.4 Å². The van der Waals surface area contributed by atoms with Crippen molar-refractivity contribution in [3.8, 4) is 0 Å². The second kappa shape index (κ2) is 10.4. The number of halogens is 1. The maximum atomic E-state index is 12.5. The van der Waals surface area contributed by atoms with Crippen molar-refractivity contribution >= 4 is 39.5 Å². The Balaban J connectivity index is 1.55. The standard InChI is InChI=1S/C21H28BrN5O2S/c1-13-8-4-7-11-17(13)24-18(28)12-30-21-26-25-19(27(21)3)14(2)23-20(29)15-9-5-6-10-16(15)22/h5-6,9-10,13-14,17H,4,7-8,11-12H2,1-3H3,(H,23,29)(H,24,28)/t13-,14-,17-/m1/s1. The average Bonchev–Trinajstić information content (AvgIpc) is 3.09. The van der Waals surface area contributed by atoms with E-state index in [1.807, 2.05) is 36.7 Å². The fraction of sp³-hybridized carbons (Fsp3) is 0.524. The molecule has 0 aliphatic heterocycles. The van der Waals surface area contributed by atoms with Crippen molar-refractivity contribution in [2.24, 2.45) is 13.0 Å². The molecule has 0 radical (unpaired) electrons. The third-order valence-electron chi connectivity index (χ3n) is 5.51. The largest absolute Gasteiger partial charge is 0.352 e. The fourth-order valence-corrected chi connectivity index (χ4v) is 4.92. The molecule has 162 valence electrons. The van der Waals surface area contributed by atoms with Gasteiger partial charge in [0, 0.05) is 17.6 Å². The van der Waals surface area contributed by atoms with Crippen LogP contribution in [0.1, 0.15) is 61.8 Å². The van der Waals surface area contributed by atoms with Gasteiger partial charge in [-0.3, -0.25) is 9.59 Å². The molecule has 2 N–H and O–H groups in total. The average molecular weight is 494 g/mol. The predicted octanol–water partition coefficient (Wildman–Crippen LogP) is 3.86. The number of amides is 2. The van der Waals surface area contributed by atoms with Crippen LogP contribution in [-0.4, -0.2) is 38.4 Å². The number of rotatable bonds is 7. The van der Waals surface area contributed by atoms with Crippen molar-refractivity contribution in [2.45, 2.75) is 56.8 Å². The van der Waals surface area contributed by atoms with Gasteiger partial charge in [-0.2, -0.15) is 0 Å². The Morgan fingerprint density at radius 1 is 1.27 bits per heavy atom. The van der Waals surface area contributed by atoms with Gasteiger partial charge >= 0.3 is 0 Å². The molecule has 1 heterocycles. The summed E-state index contributed by atoms with van der Waals surface area (Å²) in [6.45, 7) is 4.07. The van der Waals surface area contributed by atoms with Crippen molar-refractivity contribution in [2.75, 3.05) is 5.75 Å². The van der Waals surface area contributed by atoms with E-state index >= 15 is 0 Å². The molecule has 0 spiro atoms. The Kier molecular flexibility index (Phi) is 7.93. The van der Waals surface area contributed by atoms with Crippen LogP contribution in [0.5, 0.6) is 0 Å². The second-order valence-corrected chi connectivity index (χ2v) is 9.60. The van der Waals surface area contributed by atoms with Crippen LogP contribution < -0.4 is 10.6 Å². The van der Waals surface area contributed by atoms with Gasteiger partial charge in [0.1, 0.15) is 0 Å². The first kappa shape index (κ1) is 22.8. The SMILES string of the molecule is C[C@@H]1CCCC[C@H]1NC(=O)CSc1nnc([C@@H](C)NC(=O)c2ccccc2Br)n1C. The first-order chi connectivity index (χ1) is 14.4. The Hall–Kier alpha value is -1.87. The van der Waals surface area contributed by atoms with Gasteiger partial charge in [-0.15, -0.1) is 10.2 Å². The highest BCUT2D eigenvalue weighted by Gasteiger charge is 2.24. The van der Waals surface area contributed by atoms with E-state index in [0.29, 0.717) is 28.2 Å². The Morgan fingerprint density at radius 3 is 2.73 bits per heavy atom. The lowest BCUT2D eigenvalue weighted by Gasteiger charge is -2.29. The molecule has 1 saturated carbocycles. The smallest absolute Gasteiger partial charge is 0.253 e. The fourth-order valence-electron chi connectivity index (χ4n) is 3.72. The lowest BCUT2D eigenvalue weighted by molar-refractivity contribution is -0.119. The lowest BCUT2D eigenvalue weighted by Crippen LogP contribution is -2.41. The first-order valence-electron chi connectivity index (χ1n) is 10.2. The molecule has 9 heteroatoms. The molecule has 7 nitrogen and oxygen atoms in total. The molecule has 1 fully saturated rings. The highest BCUT2D eigenvalue weighted by Crippen LogP contribution is 2.24. The van der Waals surface area contributed by atoms with Crippen LogP contribution in [0.25, 0.3) is 0 Å². The van der Waals surface area contributed by atoms with Crippen LogP contribution in [0.2, 0.25) is 0 Å². The number of thioether (sulfide) groups is 1. The summed E-state index contributed by atoms with van der Waals surface area (Å²) in [5.41, 5.74) is 0.565. The number of aromatic nitrogens is 3. The molecule has 1 aliphatic carbocycles. The highest BCUT2D eigenvalue weighted by atomic mass is 79.9. The topological polar surface area (TPSA) is 88.9 Å². The van der Waals surface area contributed by atoms with E-state index in [1.54, 1.807) is 6.07 Å². The minimum absolute atomic E-state index is 0.0265. The van der Waals surface area contributed by atoms with E-state index < -0.39 is 0 Å². The summed E-state index contributed by atoms with van der Waals surface area (Å²) in [5, 5.41) is 15.2.